The van der Waals surface area contributed by atoms with Gasteiger partial charge in [-0.05, 0) is 31.4 Å². The van der Waals surface area contributed by atoms with Crippen molar-refractivity contribution in [2.75, 3.05) is 12.4 Å². The summed E-state index contributed by atoms with van der Waals surface area (Å²) in [4.78, 5) is 0. The Hall–Kier alpha value is 0.310. The molecule has 0 unspecified atom stereocenters. The first kappa shape index (κ1) is 9.40. The highest BCUT2D eigenvalue weighted by atomic mass is 32.2. The van der Waals surface area contributed by atoms with E-state index in [2.05, 4.69) is 11.8 Å². The van der Waals surface area contributed by atoms with Crippen LogP contribution in [0.2, 0.25) is 0 Å². The maximum absolute atomic E-state index is 8.55. The van der Waals surface area contributed by atoms with Gasteiger partial charge in [0.2, 0.25) is 0 Å². The van der Waals surface area contributed by atoms with Crippen LogP contribution in [-0.4, -0.2) is 22.7 Å². The molecule has 0 aromatic carbocycles. The van der Waals surface area contributed by atoms with E-state index in [0.717, 1.165) is 11.7 Å². The number of unbranched alkanes of at least 4 members (excludes halogenated alkanes) is 2. The Labute approximate surface area is 73.6 Å². The molecule has 0 aromatic heterocycles. The molecular formula is C9H18OS. The van der Waals surface area contributed by atoms with Crippen molar-refractivity contribution in [3.63, 3.8) is 0 Å². The number of aliphatic hydroxyl groups excluding tert-OH is 1. The largest absolute Gasteiger partial charge is 0.396 e. The first-order valence-electron chi connectivity index (χ1n) is 4.66. The third-order valence-electron chi connectivity index (χ3n) is 2.21. The highest BCUT2D eigenvalue weighted by Crippen LogP contribution is 2.29. The van der Waals surface area contributed by atoms with Crippen LogP contribution in [0.25, 0.3) is 0 Å². The minimum atomic E-state index is 0.373. The normalized spacial score (nSPS) is 24.3. The van der Waals surface area contributed by atoms with E-state index in [1.165, 1.54) is 37.9 Å². The first-order valence-corrected chi connectivity index (χ1v) is 5.71. The minimum absolute atomic E-state index is 0.373. The SMILES string of the molecule is OCCCCC[C@H]1CCCS1. The van der Waals surface area contributed by atoms with Gasteiger partial charge in [-0.15, -0.1) is 0 Å². The Morgan fingerprint density at radius 1 is 1.27 bits per heavy atom. The van der Waals surface area contributed by atoms with Gasteiger partial charge in [0.1, 0.15) is 0 Å². The van der Waals surface area contributed by atoms with Crippen molar-refractivity contribution in [2.24, 2.45) is 0 Å². The zero-order valence-corrected chi connectivity index (χ0v) is 7.91. The van der Waals surface area contributed by atoms with Crippen molar-refractivity contribution in [3.05, 3.63) is 0 Å². The highest BCUT2D eigenvalue weighted by molar-refractivity contribution is 8.00. The number of rotatable bonds is 5. The van der Waals surface area contributed by atoms with Crippen molar-refractivity contribution in [3.8, 4) is 0 Å². The van der Waals surface area contributed by atoms with Gasteiger partial charge >= 0.3 is 0 Å². The zero-order valence-electron chi connectivity index (χ0n) is 7.09. The lowest BCUT2D eigenvalue weighted by atomic mass is 10.1. The number of thioether (sulfide) groups is 1. The molecule has 1 aliphatic rings. The third kappa shape index (κ3) is 4.02. The molecule has 66 valence electrons. The molecule has 1 nitrogen and oxygen atoms in total. The van der Waals surface area contributed by atoms with Gasteiger partial charge in [0.15, 0.2) is 0 Å². The van der Waals surface area contributed by atoms with Gasteiger partial charge in [-0.2, -0.15) is 11.8 Å². The van der Waals surface area contributed by atoms with Crippen molar-refractivity contribution >= 4 is 11.8 Å². The molecule has 0 aromatic rings. The summed E-state index contributed by atoms with van der Waals surface area (Å²) >= 11 is 2.14. The summed E-state index contributed by atoms with van der Waals surface area (Å²) in [5.74, 6) is 1.38. The Bertz CT molecular complexity index is 89.6. The maximum Gasteiger partial charge on any atom is 0.0431 e. The second-order valence-corrected chi connectivity index (χ2v) is 4.62. The van der Waals surface area contributed by atoms with Gasteiger partial charge < -0.3 is 5.11 Å². The van der Waals surface area contributed by atoms with Crippen LogP contribution >= 0.6 is 11.8 Å². The molecule has 0 aliphatic carbocycles. The fourth-order valence-corrected chi connectivity index (χ4v) is 2.87. The molecule has 0 saturated carbocycles. The van der Waals surface area contributed by atoms with Crippen LogP contribution in [0.4, 0.5) is 0 Å². The molecule has 1 N–H and O–H groups in total. The quantitative estimate of drug-likeness (QED) is 0.646. The monoisotopic (exact) mass is 174 g/mol. The van der Waals surface area contributed by atoms with E-state index < -0.39 is 0 Å². The zero-order chi connectivity index (χ0) is 7.94. The lowest BCUT2D eigenvalue weighted by molar-refractivity contribution is 0.282. The van der Waals surface area contributed by atoms with Crippen molar-refractivity contribution in [1.29, 1.82) is 0 Å². The van der Waals surface area contributed by atoms with Crippen LogP contribution < -0.4 is 0 Å². The van der Waals surface area contributed by atoms with E-state index >= 15 is 0 Å². The first-order chi connectivity index (χ1) is 5.43. The Balaban J connectivity index is 1.86. The van der Waals surface area contributed by atoms with Crippen molar-refractivity contribution in [2.45, 2.75) is 43.8 Å². The number of hydrogen-bond acceptors (Lipinski definition) is 2. The fourth-order valence-electron chi connectivity index (χ4n) is 1.53. The summed E-state index contributed by atoms with van der Waals surface area (Å²) in [7, 11) is 0. The average Bonchev–Trinajstić information content (AvgIpc) is 2.50. The molecule has 1 rings (SSSR count). The van der Waals surface area contributed by atoms with Crippen LogP contribution in [0.3, 0.4) is 0 Å². The molecule has 1 atom stereocenters. The molecular weight excluding hydrogens is 156 g/mol. The molecule has 1 aliphatic heterocycles. The highest BCUT2D eigenvalue weighted by Gasteiger charge is 2.14. The topological polar surface area (TPSA) is 20.2 Å². The summed E-state index contributed by atoms with van der Waals surface area (Å²) < 4.78 is 0. The Morgan fingerprint density at radius 2 is 2.18 bits per heavy atom. The molecule has 0 amide bonds. The average molecular weight is 174 g/mol. The van der Waals surface area contributed by atoms with E-state index in [-0.39, 0.29) is 0 Å². The standard InChI is InChI=1S/C9H18OS/c10-7-3-1-2-5-9-6-4-8-11-9/h9-10H,1-8H2/t9-/m0/s1. The summed E-state index contributed by atoms with van der Waals surface area (Å²) in [5, 5.41) is 9.51. The van der Waals surface area contributed by atoms with E-state index in [0.29, 0.717) is 6.61 Å². The molecule has 0 bridgehead atoms. The Morgan fingerprint density at radius 3 is 2.82 bits per heavy atom. The molecule has 2 heteroatoms. The van der Waals surface area contributed by atoms with E-state index in [1.807, 2.05) is 0 Å². The molecule has 1 heterocycles. The van der Waals surface area contributed by atoms with Crippen LogP contribution in [0.5, 0.6) is 0 Å². The summed E-state index contributed by atoms with van der Waals surface area (Å²) in [6.07, 6.45) is 7.77. The van der Waals surface area contributed by atoms with E-state index in [1.54, 1.807) is 0 Å². The summed E-state index contributed by atoms with van der Waals surface area (Å²) in [6.45, 7) is 0.373. The van der Waals surface area contributed by atoms with Crippen molar-refractivity contribution < 1.29 is 5.11 Å². The number of aliphatic hydroxyl groups is 1. The lowest BCUT2D eigenvalue weighted by Crippen LogP contribution is -1.96. The second-order valence-electron chi connectivity index (χ2n) is 3.21. The van der Waals surface area contributed by atoms with Crippen LogP contribution in [0.1, 0.15) is 38.5 Å². The van der Waals surface area contributed by atoms with Gasteiger partial charge in [0.05, 0.1) is 0 Å². The van der Waals surface area contributed by atoms with Crippen LogP contribution in [0.15, 0.2) is 0 Å². The van der Waals surface area contributed by atoms with Gasteiger partial charge in [0, 0.05) is 11.9 Å². The number of hydrogen-bond donors (Lipinski definition) is 1. The fraction of sp³-hybridized carbons (Fsp3) is 1.00. The Kier molecular flexibility index (Phi) is 5.04. The van der Waals surface area contributed by atoms with E-state index in [4.69, 9.17) is 5.11 Å². The maximum atomic E-state index is 8.55. The lowest BCUT2D eigenvalue weighted by Gasteiger charge is -2.06. The van der Waals surface area contributed by atoms with Gasteiger partial charge in [-0.25, -0.2) is 0 Å². The molecule has 1 fully saturated rings. The smallest absolute Gasteiger partial charge is 0.0431 e. The summed E-state index contributed by atoms with van der Waals surface area (Å²) in [6, 6.07) is 0. The third-order valence-corrected chi connectivity index (χ3v) is 3.68. The van der Waals surface area contributed by atoms with Gasteiger partial charge in [-0.1, -0.05) is 12.8 Å². The second kappa shape index (κ2) is 5.90. The van der Waals surface area contributed by atoms with E-state index in [9.17, 15) is 0 Å². The van der Waals surface area contributed by atoms with Crippen LogP contribution in [0, 0.1) is 0 Å². The predicted molar refractivity (Wildman–Crippen MR) is 51.0 cm³/mol. The minimum Gasteiger partial charge on any atom is -0.396 e. The van der Waals surface area contributed by atoms with Gasteiger partial charge in [-0.3, -0.25) is 0 Å². The predicted octanol–water partition coefficient (Wildman–Crippen LogP) is 2.43. The molecule has 11 heavy (non-hydrogen) atoms. The van der Waals surface area contributed by atoms with Crippen LogP contribution in [-0.2, 0) is 0 Å². The van der Waals surface area contributed by atoms with Gasteiger partial charge in [0.25, 0.3) is 0 Å². The van der Waals surface area contributed by atoms with Crippen molar-refractivity contribution in [1.82, 2.24) is 0 Å². The summed E-state index contributed by atoms with van der Waals surface area (Å²) in [5.41, 5.74) is 0. The molecule has 1 saturated heterocycles. The molecule has 0 radical (unpaired) electrons. The molecule has 0 spiro atoms.